The van der Waals surface area contributed by atoms with Gasteiger partial charge in [-0.15, -0.1) is 11.3 Å². The molecule has 1 aromatic carbocycles. The van der Waals surface area contributed by atoms with E-state index in [1.807, 2.05) is 13.0 Å². The van der Waals surface area contributed by atoms with E-state index in [-0.39, 0.29) is 6.04 Å². The Morgan fingerprint density at radius 2 is 2.00 bits per heavy atom. The summed E-state index contributed by atoms with van der Waals surface area (Å²) in [5, 5.41) is 0. The number of aryl methyl sites for hydroxylation is 1. The van der Waals surface area contributed by atoms with Crippen molar-refractivity contribution in [3.63, 3.8) is 0 Å². The Balaban J connectivity index is 2.17. The van der Waals surface area contributed by atoms with Gasteiger partial charge in [0.05, 0.1) is 9.35 Å². The van der Waals surface area contributed by atoms with Gasteiger partial charge in [-0.25, -0.2) is 0 Å². The van der Waals surface area contributed by atoms with E-state index in [2.05, 4.69) is 15.9 Å². The van der Waals surface area contributed by atoms with Crippen LogP contribution in [0.5, 0.6) is 0 Å². The molecule has 0 fully saturated rings. The number of hydrogen-bond acceptors (Lipinski definition) is 2. The van der Waals surface area contributed by atoms with Crippen LogP contribution in [0.4, 0.5) is 13.2 Å². The number of nitrogens with two attached hydrogens (primary N) is 1. The predicted octanol–water partition coefficient (Wildman–Crippen LogP) is 5.08. The third kappa shape index (κ3) is 3.62. The zero-order chi connectivity index (χ0) is 14.9. The van der Waals surface area contributed by atoms with Crippen molar-refractivity contribution in [1.82, 2.24) is 0 Å². The maximum atomic E-state index is 12.6. The predicted molar refractivity (Wildman–Crippen MR) is 78.8 cm³/mol. The van der Waals surface area contributed by atoms with E-state index in [0.29, 0.717) is 12.0 Å². The number of hydrogen-bond donors (Lipinski definition) is 1. The van der Waals surface area contributed by atoms with Crippen LogP contribution in [0.3, 0.4) is 0 Å². The Morgan fingerprint density at radius 3 is 2.55 bits per heavy atom. The van der Waals surface area contributed by atoms with Crippen LogP contribution in [0.2, 0.25) is 0 Å². The average Bonchev–Trinajstić information content (AvgIpc) is 2.69. The maximum Gasteiger partial charge on any atom is 0.416 e. The summed E-state index contributed by atoms with van der Waals surface area (Å²) in [5.74, 6) is 0. The van der Waals surface area contributed by atoms with Gasteiger partial charge in [0.2, 0.25) is 0 Å². The van der Waals surface area contributed by atoms with E-state index in [9.17, 15) is 13.2 Å². The minimum absolute atomic E-state index is 0.298. The summed E-state index contributed by atoms with van der Waals surface area (Å²) in [7, 11) is 0. The first-order chi connectivity index (χ1) is 9.27. The third-order valence-corrected chi connectivity index (χ3v) is 5.22. The first-order valence-corrected chi connectivity index (χ1v) is 7.56. The highest BCUT2D eigenvalue weighted by molar-refractivity contribution is 9.11. The van der Waals surface area contributed by atoms with Gasteiger partial charge < -0.3 is 5.73 Å². The highest BCUT2D eigenvalue weighted by Gasteiger charge is 2.30. The van der Waals surface area contributed by atoms with Gasteiger partial charge in [-0.05, 0) is 52.5 Å². The smallest absolute Gasteiger partial charge is 0.323 e. The lowest BCUT2D eigenvalue weighted by Crippen LogP contribution is -2.13. The van der Waals surface area contributed by atoms with Crippen molar-refractivity contribution in [2.45, 2.75) is 25.6 Å². The summed E-state index contributed by atoms with van der Waals surface area (Å²) in [6, 6.07) is 6.99. The van der Waals surface area contributed by atoms with E-state index < -0.39 is 11.7 Å². The second-order valence-electron chi connectivity index (χ2n) is 4.61. The molecule has 2 N–H and O–H groups in total. The molecule has 0 saturated heterocycles. The van der Waals surface area contributed by atoms with Gasteiger partial charge in [0.15, 0.2) is 0 Å². The normalized spacial score (nSPS) is 13.5. The fourth-order valence-electron chi connectivity index (χ4n) is 1.90. The second kappa shape index (κ2) is 5.87. The molecular weight excluding hydrogens is 351 g/mol. The lowest BCUT2D eigenvalue weighted by molar-refractivity contribution is -0.137. The lowest BCUT2D eigenvalue weighted by Gasteiger charge is -2.12. The summed E-state index contributed by atoms with van der Waals surface area (Å²) in [5.41, 5.74) is 7.12. The minimum atomic E-state index is -4.32. The quantitative estimate of drug-likeness (QED) is 0.808. The first kappa shape index (κ1) is 15.5. The molecule has 6 heteroatoms. The zero-order valence-corrected chi connectivity index (χ0v) is 13.1. The molecular formula is C14H13BrF3NS. The van der Waals surface area contributed by atoms with Crippen molar-refractivity contribution in [3.8, 4) is 0 Å². The van der Waals surface area contributed by atoms with E-state index >= 15 is 0 Å². The molecule has 1 nitrogen and oxygen atoms in total. The van der Waals surface area contributed by atoms with Gasteiger partial charge in [-0.1, -0.05) is 18.2 Å². The van der Waals surface area contributed by atoms with E-state index in [0.717, 1.165) is 26.4 Å². The Kier molecular flexibility index (Phi) is 4.56. The highest BCUT2D eigenvalue weighted by Crippen LogP contribution is 2.33. The SMILES string of the molecule is Cc1cc(C(N)Cc2cccc(C(F)(F)F)c2)sc1Br. The largest absolute Gasteiger partial charge is 0.416 e. The molecule has 0 spiro atoms. The molecule has 0 radical (unpaired) electrons. The summed E-state index contributed by atoms with van der Waals surface area (Å²) in [6.07, 6.45) is -3.93. The fourth-order valence-corrected chi connectivity index (χ4v) is 3.47. The molecule has 1 unspecified atom stereocenters. The third-order valence-electron chi connectivity index (χ3n) is 2.95. The monoisotopic (exact) mass is 363 g/mol. The van der Waals surface area contributed by atoms with Gasteiger partial charge in [0.25, 0.3) is 0 Å². The van der Waals surface area contributed by atoms with Crippen molar-refractivity contribution >= 4 is 27.3 Å². The van der Waals surface area contributed by atoms with Gasteiger partial charge in [-0.3, -0.25) is 0 Å². The summed E-state index contributed by atoms with van der Waals surface area (Å²) in [4.78, 5) is 0.965. The number of rotatable bonds is 3. The van der Waals surface area contributed by atoms with Crippen LogP contribution in [0, 0.1) is 6.92 Å². The maximum absolute atomic E-state index is 12.6. The lowest BCUT2D eigenvalue weighted by atomic mass is 10.0. The Morgan fingerprint density at radius 1 is 1.30 bits per heavy atom. The average molecular weight is 364 g/mol. The second-order valence-corrected chi connectivity index (χ2v) is 7.02. The van der Waals surface area contributed by atoms with Crippen LogP contribution in [0.1, 0.15) is 27.6 Å². The van der Waals surface area contributed by atoms with Crippen LogP contribution >= 0.6 is 27.3 Å². The Labute approximate surface area is 127 Å². The minimum Gasteiger partial charge on any atom is -0.323 e. The number of halogens is 4. The molecule has 1 atom stereocenters. The molecule has 0 bridgehead atoms. The topological polar surface area (TPSA) is 26.0 Å². The molecule has 0 aliphatic rings. The standard InChI is InChI=1S/C14H13BrF3NS/c1-8-5-12(20-13(8)15)11(19)7-9-3-2-4-10(6-9)14(16,17)18/h2-6,11H,7,19H2,1H3. The Hall–Kier alpha value is -0.850. The first-order valence-electron chi connectivity index (χ1n) is 5.95. The Bertz CT molecular complexity index is 587. The van der Waals surface area contributed by atoms with Crippen molar-refractivity contribution in [2.24, 2.45) is 5.73 Å². The van der Waals surface area contributed by atoms with E-state index in [1.165, 1.54) is 17.4 Å². The molecule has 0 aliphatic heterocycles. The molecule has 0 amide bonds. The van der Waals surface area contributed by atoms with Crippen LogP contribution in [0.25, 0.3) is 0 Å². The van der Waals surface area contributed by atoms with Crippen molar-refractivity contribution in [2.75, 3.05) is 0 Å². The van der Waals surface area contributed by atoms with Crippen LogP contribution < -0.4 is 5.73 Å². The van der Waals surface area contributed by atoms with Crippen molar-refractivity contribution < 1.29 is 13.2 Å². The molecule has 20 heavy (non-hydrogen) atoms. The highest BCUT2D eigenvalue weighted by atomic mass is 79.9. The molecule has 1 aromatic heterocycles. The summed E-state index contributed by atoms with van der Waals surface area (Å²) >= 11 is 4.94. The number of thiophene rings is 1. The summed E-state index contributed by atoms with van der Waals surface area (Å²) < 4.78 is 39.0. The van der Waals surface area contributed by atoms with Gasteiger partial charge in [0.1, 0.15) is 0 Å². The van der Waals surface area contributed by atoms with E-state index in [4.69, 9.17) is 5.73 Å². The van der Waals surface area contributed by atoms with Gasteiger partial charge in [0, 0.05) is 10.9 Å². The molecule has 1 heterocycles. The number of alkyl halides is 3. The van der Waals surface area contributed by atoms with Crippen molar-refractivity contribution in [3.05, 3.63) is 55.7 Å². The summed E-state index contributed by atoms with van der Waals surface area (Å²) in [6.45, 7) is 1.96. The fraction of sp³-hybridized carbons (Fsp3) is 0.286. The zero-order valence-electron chi connectivity index (χ0n) is 10.7. The van der Waals surface area contributed by atoms with E-state index in [1.54, 1.807) is 6.07 Å². The molecule has 0 saturated carbocycles. The number of benzene rings is 1. The molecule has 0 aliphatic carbocycles. The molecule has 2 rings (SSSR count). The van der Waals surface area contributed by atoms with Crippen LogP contribution in [-0.2, 0) is 12.6 Å². The van der Waals surface area contributed by atoms with Crippen molar-refractivity contribution in [1.29, 1.82) is 0 Å². The molecule has 2 aromatic rings. The van der Waals surface area contributed by atoms with Crippen LogP contribution in [-0.4, -0.2) is 0 Å². The molecule has 108 valence electrons. The van der Waals surface area contributed by atoms with Gasteiger partial charge >= 0.3 is 6.18 Å². The van der Waals surface area contributed by atoms with Gasteiger partial charge in [-0.2, -0.15) is 13.2 Å². The van der Waals surface area contributed by atoms with Crippen LogP contribution in [0.15, 0.2) is 34.1 Å².